The van der Waals surface area contributed by atoms with Gasteiger partial charge in [-0.2, -0.15) is 17.0 Å². The fourth-order valence-corrected chi connectivity index (χ4v) is 3.68. The van der Waals surface area contributed by atoms with Gasteiger partial charge in [-0.15, -0.1) is 6.42 Å². The van der Waals surface area contributed by atoms with Crippen LogP contribution in [0.4, 0.5) is 0 Å². The molecule has 1 saturated carbocycles. The molecule has 1 heterocycles. The molecule has 1 saturated heterocycles. The molecule has 108 valence electrons. The summed E-state index contributed by atoms with van der Waals surface area (Å²) in [5.74, 6) is 2.97. The summed E-state index contributed by atoms with van der Waals surface area (Å²) in [6.45, 7) is 2.37. The minimum atomic E-state index is -3.36. The summed E-state index contributed by atoms with van der Waals surface area (Å²) in [5, 5.41) is 3.52. The highest BCUT2D eigenvalue weighted by Crippen LogP contribution is 2.23. The summed E-state index contributed by atoms with van der Waals surface area (Å²) in [5.41, 5.74) is 0. The number of terminal acetylenes is 1. The number of rotatable bonds is 6. The van der Waals surface area contributed by atoms with Gasteiger partial charge in [0.2, 0.25) is 0 Å². The third-order valence-corrected chi connectivity index (χ3v) is 5.81. The fraction of sp³-hybridized carbons (Fsp3) is 0.846. The van der Waals surface area contributed by atoms with Gasteiger partial charge in [-0.1, -0.05) is 5.92 Å². The molecule has 0 amide bonds. The van der Waals surface area contributed by atoms with Crippen LogP contribution in [-0.4, -0.2) is 56.3 Å². The Hall–Kier alpha value is -0.610. The van der Waals surface area contributed by atoms with Gasteiger partial charge in [0.1, 0.15) is 0 Å². The standard InChI is InChI=1S/C13H23N3O2S/c1-3-8-15(2)19(17,18)16-9-6-12(7-10-16)11-14-13-4-5-13/h1,12-14H,4-11H2,2H3. The summed E-state index contributed by atoms with van der Waals surface area (Å²) < 4.78 is 27.2. The van der Waals surface area contributed by atoms with Gasteiger partial charge in [0.25, 0.3) is 10.2 Å². The second kappa shape index (κ2) is 6.23. The Morgan fingerprint density at radius 1 is 1.32 bits per heavy atom. The van der Waals surface area contributed by atoms with E-state index in [0.29, 0.717) is 19.0 Å². The zero-order valence-electron chi connectivity index (χ0n) is 11.5. The third-order valence-electron chi connectivity index (χ3n) is 3.88. The summed E-state index contributed by atoms with van der Waals surface area (Å²) >= 11 is 0. The van der Waals surface area contributed by atoms with Crippen molar-refractivity contribution in [3.05, 3.63) is 0 Å². The molecule has 2 rings (SSSR count). The largest absolute Gasteiger partial charge is 0.314 e. The van der Waals surface area contributed by atoms with E-state index in [4.69, 9.17) is 6.42 Å². The van der Waals surface area contributed by atoms with Gasteiger partial charge in [-0.3, -0.25) is 0 Å². The molecule has 0 aromatic rings. The number of hydrogen-bond acceptors (Lipinski definition) is 3. The smallest absolute Gasteiger partial charge is 0.282 e. The van der Waals surface area contributed by atoms with Gasteiger partial charge in [0, 0.05) is 26.2 Å². The number of nitrogens with one attached hydrogen (secondary N) is 1. The first-order valence-electron chi connectivity index (χ1n) is 6.92. The lowest BCUT2D eigenvalue weighted by Crippen LogP contribution is -2.46. The van der Waals surface area contributed by atoms with Gasteiger partial charge in [-0.25, -0.2) is 0 Å². The molecule has 0 aromatic heterocycles. The van der Waals surface area contributed by atoms with Crippen LogP contribution in [0.25, 0.3) is 0 Å². The molecule has 1 aliphatic carbocycles. The zero-order chi connectivity index (χ0) is 13.9. The molecular formula is C13H23N3O2S. The highest BCUT2D eigenvalue weighted by Gasteiger charge is 2.31. The first kappa shape index (κ1) is 14.8. The second-order valence-electron chi connectivity index (χ2n) is 5.49. The summed E-state index contributed by atoms with van der Waals surface area (Å²) in [4.78, 5) is 0. The van der Waals surface area contributed by atoms with Gasteiger partial charge >= 0.3 is 0 Å². The lowest BCUT2D eigenvalue weighted by molar-refractivity contribution is 0.255. The van der Waals surface area contributed by atoms with E-state index >= 15 is 0 Å². The maximum Gasteiger partial charge on any atom is 0.282 e. The molecule has 5 nitrogen and oxygen atoms in total. The normalized spacial score (nSPS) is 22.6. The zero-order valence-corrected chi connectivity index (χ0v) is 12.3. The first-order valence-corrected chi connectivity index (χ1v) is 8.32. The van der Waals surface area contributed by atoms with E-state index in [1.807, 2.05) is 0 Å². The van der Waals surface area contributed by atoms with Crippen molar-refractivity contribution in [3.63, 3.8) is 0 Å². The van der Waals surface area contributed by atoms with Crippen molar-refractivity contribution < 1.29 is 8.42 Å². The van der Waals surface area contributed by atoms with Crippen LogP contribution in [0.1, 0.15) is 25.7 Å². The van der Waals surface area contributed by atoms with Crippen molar-refractivity contribution in [1.82, 2.24) is 13.9 Å². The third kappa shape index (κ3) is 3.93. The van der Waals surface area contributed by atoms with Crippen LogP contribution >= 0.6 is 0 Å². The molecule has 0 bridgehead atoms. The molecule has 0 radical (unpaired) electrons. The van der Waals surface area contributed by atoms with Crippen LogP contribution < -0.4 is 5.32 Å². The molecule has 0 atom stereocenters. The van der Waals surface area contributed by atoms with Crippen LogP contribution in [0.15, 0.2) is 0 Å². The molecule has 0 aromatic carbocycles. The van der Waals surface area contributed by atoms with Gasteiger partial charge in [-0.05, 0) is 38.1 Å². The Morgan fingerprint density at radius 2 is 1.95 bits per heavy atom. The monoisotopic (exact) mass is 285 g/mol. The van der Waals surface area contributed by atoms with E-state index in [9.17, 15) is 8.42 Å². The van der Waals surface area contributed by atoms with E-state index in [0.717, 1.165) is 25.4 Å². The van der Waals surface area contributed by atoms with Gasteiger partial charge in [0.05, 0.1) is 6.54 Å². The maximum atomic E-state index is 12.2. The van der Waals surface area contributed by atoms with Crippen molar-refractivity contribution in [1.29, 1.82) is 0 Å². The Kier molecular flexibility index (Phi) is 4.85. The van der Waals surface area contributed by atoms with Crippen molar-refractivity contribution >= 4 is 10.2 Å². The van der Waals surface area contributed by atoms with Crippen molar-refractivity contribution in [2.24, 2.45) is 5.92 Å². The topological polar surface area (TPSA) is 52.7 Å². The number of piperidine rings is 1. The average Bonchev–Trinajstić information content (AvgIpc) is 3.21. The van der Waals surface area contributed by atoms with Crippen LogP contribution in [0.2, 0.25) is 0 Å². The Labute approximate surface area is 116 Å². The average molecular weight is 285 g/mol. The van der Waals surface area contributed by atoms with Crippen molar-refractivity contribution in [3.8, 4) is 12.3 Å². The van der Waals surface area contributed by atoms with E-state index in [1.165, 1.54) is 24.2 Å². The molecule has 6 heteroatoms. The molecule has 2 aliphatic rings. The van der Waals surface area contributed by atoms with E-state index in [1.54, 1.807) is 4.31 Å². The SMILES string of the molecule is C#CCN(C)S(=O)(=O)N1CCC(CNC2CC2)CC1. The van der Waals surface area contributed by atoms with Crippen LogP contribution in [0.3, 0.4) is 0 Å². The lowest BCUT2D eigenvalue weighted by atomic mass is 9.98. The Morgan fingerprint density at radius 3 is 2.47 bits per heavy atom. The van der Waals surface area contributed by atoms with Crippen LogP contribution in [-0.2, 0) is 10.2 Å². The molecule has 0 unspecified atom stereocenters. The molecule has 0 spiro atoms. The number of hydrogen-bond donors (Lipinski definition) is 1. The minimum Gasteiger partial charge on any atom is -0.314 e. The predicted molar refractivity (Wildman–Crippen MR) is 75.7 cm³/mol. The maximum absolute atomic E-state index is 12.2. The summed E-state index contributed by atoms with van der Waals surface area (Å²) in [6.07, 6.45) is 9.63. The Balaban J connectivity index is 1.79. The summed E-state index contributed by atoms with van der Waals surface area (Å²) in [7, 11) is -1.83. The highest BCUT2D eigenvalue weighted by atomic mass is 32.2. The van der Waals surface area contributed by atoms with Crippen LogP contribution in [0, 0.1) is 18.3 Å². The first-order chi connectivity index (χ1) is 9.04. The molecule has 2 fully saturated rings. The quantitative estimate of drug-likeness (QED) is 0.712. The minimum absolute atomic E-state index is 0.130. The molecule has 1 N–H and O–H groups in total. The van der Waals surface area contributed by atoms with E-state index < -0.39 is 10.2 Å². The predicted octanol–water partition coefficient (Wildman–Crippen LogP) is 0.260. The fourth-order valence-electron chi connectivity index (χ4n) is 2.37. The van der Waals surface area contributed by atoms with Crippen molar-refractivity contribution in [2.75, 3.05) is 33.2 Å². The van der Waals surface area contributed by atoms with Crippen LogP contribution in [0.5, 0.6) is 0 Å². The van der Waals surface area contributed by atoms with E-state index in [2.05, 4.69) is 11.2 Å². The second-order valence-corrected chi connectivity index (χ2v) is 7.53. The highest BCUT2D eigenvalue weighted by molar-refractivity contribution is 7.86. The molecule has 19 heavy (non-hydrogen) atoms. The van der Waals surface area contributed by atoms with Gasteiger partial charge in [0.15, 0.2) is 0 Å². The molecule has 1 aliphatic heterocycles. The summed E-state index contributed by atoms with van der Waals surface area (Å²) in [6, 6.07) is 0.725. The van der Waals surface area contributed by atoms with Crippen molar-refractivity contribution in [2.45, 2.75) is 31.7 Å². The Bertz CT molecular complexity index is 431. The van der Waals surface area contributed by atoms with E-state index in [-0.39, 0.29) is 6.54 Å². The number of nitrogens with zero attached hydrogens (tertiary/aromatic N) is 2. The molecular weight excluding hydrogens is 262 g/mol. The van der Waals surface area contributed by atoms with Gasteiger partial charge < -0.3 is 5.32 Å². The lowest BCUT2D eigenvalue weighted by Gasteiger charge is -2.33.